The highest BCUT2D eigenvalue weighted by Gasteiger charge is 2.29. The number of rotatable bonds is 4. The summed E-state index contributed by atoms with van der Waals surface area (Å²) in [5.41, 5.74) is 0.745. The molecule has 0 aromatic heterocycles. The molecule has 0 bridgehead atoms. The summed E-state index contributed by atoms with van der Waals surface area (Å²) in [6.07, 6.45) is 1.31. The fraction of sp³-hybridized carbons (Fsp3) is 1.00. The van der Waals surface area contributed by atoms with Crippen LogP contribution in [0.2, 0.25) is 0 Å². The van der Waals surface area contributed by atoms with E-state index in [1.165, 1.54) is 17.9 Å². The molecule has 1 N–H and O–H groups in total. The molecule has 0 radical (unpaired) electrons. The minimum atomic E-state index is 0.242. The lowest BCUT2D eigenvalue weighted by atomic mass is 9.87. The van der Waals surface area contributed by atoms with Crippen LogP contribution in [0.1, 0.15) is 34.1 Å². The van der Waals surface area contributed by atoms with E-state index in [2.05, 4.69) is 63.8 Å². The van der Waals surface area contributed by atoms with Gasteiger partial charge in [-0.25, -0.2) is 0 Å². The fourth-order valence-electron chi connectivity index (χ4n) is 1.95. The van der Waals surface area contributed by atoms with Crippen LogP contribution in [-0.2, 0) is 0 Å². The molecule has 3 heteroatoms. The van der Waals surface area contributed by atoms with Gasteiger partial charge in [0.05, 0.1) is 0 Å². The number of nitrogens with one attached hydrogen (secondary N) is 1. The maximum Gasteiger partial charge on any atom is 0.0271 e. The molecule has 0 aromatic carbocycles. The second-order valence-corrected chi connectivity index (χ2v) is 7.70. The molecule has 1 unspecified atom stereocenters. The van der Waals surface area contributed by atoms with Gasteiger partial charge in [-0.2, -0.15) is 11.8 Å². The van der Waals surface area contributed by atoms with Gasteiger partial charge in [-0.05, 0) is 45.5 Å². The summed E-state index contributed by atoms with van der Waals surface area (Å²) in [5, 5.41) is 3.74. The van der Waals surface area contributed by atoms with Gasteiger partial charge in [0, 0.05) is 23.9 Å². The van der Waals surface area contributed by atoms with Gasteiger partial charge in [0.2, 0.25) is 0 Å². The van der Waals surface area contributed by atoms with Crippen molar-refractivity contribution in [2.24, 2.45) is 5.41 Å². The standard InChI is InChI=1S/C13H28N2S/c1-12(2)7-11(8-16-10-12)14-9-13(3,4)15(5)6/h11,14H,7-10H2,1-6H3. The molecular formula is C13H28N2S. The number of likely N-dealkylation sites (N-methyl/N-ethyl adjacent to an activating group) is 1. The summed E-state index contributed by atoms with van der Waals surface area (Å²) in [6, 6.07) is 0.688. The lowest BCUT2D eigenvalue weighted by Crippen LogP contribution is -2.51. The van der Waals surface area contributed by atoms with Crippen LogP contribution in [-0.4, -0.2) is 48.6 Å². The quantitative estimate of drug-likeness (QED) is 0.818. The Kier molecular flexibility index (Phi) is 4.73. The third-order valence-corrected chi connectivity index (χ3v) is 5.27. The Bertz CT molecular complexity index is 224. The van der Waals surface area contributed by atoms with E-state index in [1.807, 2.05) is 0 Å². The van der Waals surface area contributed by atoms with Crippen LogP contribution in [0.5, 0.6) is 0 Å². The zero-order valence-corrected chi connectivity index (χ0v) is 12.6. The summed E-state index contributed by atoms with van der Waals surface area (Å²) in [6.45, 7) is 10.4. The largest absolute Gasteiger partial charge is 0.311 e. The molecule has 16 heavy (non-hydrogen) atoms. The summed E-state index contributed by atoms with van der Waals surface area (Å²) in [5.74, 6) is 2.58. The van der Waals surface area contributed by atoms with E-state index >= 15 is 0 Å². The Morgan fingerprint density at radius 2 is 2.00 bits per heavy atom. The first-order valence-corrected chi connectivity index (χ1v) is 7.37. The van der Waals surface area contributed by atoms with Gasteiger partial charge in [-0.15, -0.1) is 0 Å². The highest BCUT2D eigenvalue weighted by Crippen LogP contribution is 2.33. The van der Waals surface area contributed by atoms with Crippen LogP contribution >= 0.6 is 11.8 Å². The number of hydrogen-bond donors (Lipinski definition) is 1. The van der Waals surface area contributed by atoms with Gasteiger partial charge < -0.3 is 10.2 Å². The van der Waals surface area contributed by atoms with E-state index in [9.17, 15) is 0 Å². The SMILES string of the molecule is CN(C)C(C)(C)CNC1CSCC(C)(C)C1. The third-order valence-electron chi connectivity index (χ3n) is 3.64. The van der Waals surface area contributed by atoms with E-state index < -0.39 is 0 Å². The van der Waals surface area contributed by atoms with Crippen LogP contribution in [0.15, 0.2) is 0 Å². The highest BCUT2D eigenvalue weighted by atomic mass is 32.2. The molecule has 0 aliphatic carbocycles. The normalized spacial score (nSPS) is 26.1. The maximum atomic E-state index is 3.74. The summed E-state index contributed by atoms with van der Waals surface area (Å²) in [7, 11) is 4.31. The van der Waals surface area contributed by atoms with Crippen LogP contribution in [0.25, 0.3) is 0 Å². The number of hydrogen-bond acceptors (Lipinski definition) is 3. The minimum absolute atomic E-state index is 0.242. The van der Waals surface area contributed by atoms with Crippen LogP contribution < -0.4 is 5.32 Å². The average molecular weight is 244 g/mol. The number of nitrogens with zero attached hydrogens (tertiary/aromatic N) is 1. The van der Waals surface area contributed by atoms with E-state index in [1.54, 1.807) is 0 Å². The Hall–Kier alpha value is 0.270. The van der Waals surface area contributed by atoms with Crippen molar-refractivity contribution in [2.75, 3.05) is 32.1 Å². The Morgan fingerprint density at radius 1 is 1.38 bits per heavy atom. The van der Waals surface area contributed by atoms with Crippen LogP contribution in [0.3, 0.4) is 0 Å². The first kappa shape index (κ1) is 14.3. The Morgan fingerprint density at radius 3 is 2.50 bits per heavy atom. The summed E-state index contributed by atoms with van der Waals surface area (Å²) in [4.78, 5) is 2.29. The molecule has 0 amide bonds. The van der Waals surface area contributed by atoms with Crippen molar-refractivity contribution >= 4 is 11.8 Å². The maximum absolute atomic E-state index is 3.74. The van der Waals surface area contributed by atoms with Crippen molar-refractivity contribution in [3.05, 3.63) is 0 Å². The molecule has 1 rings (SSSR count). The smallest absolute Gasteiger partial charge is 0.0271 e. The summed E-state index contributed by atoms with van der Waals surface area (Å²) < 4.78 is 0. The first-order valence-electron chi connectivity index (χ1n) is 6.21. The lowest BCUT2D eigenvalue weighted by molar-refractivity contribution is 0.179. The highest BCUT2D eigenvalue weighted by molar-refractivity contribution is 7.99. The van der Waals surface area contributed by atoms with E-state index in [0.717, 1.165) is 6.54 Å². The molecular weight excluding hydrogens is 216 g/mol. The van der Waals surface area contributed by atoms with Gasteiger partial charge in [-0.3, -0.25) is 0 Å². The van der Waals surface area contributed by atoms with Crippen molar-refractivity contribution in [3.63, 3.8) is 0 Å². The molecule has 1 heterocycles. The molecule has 96 valence electrons. The molecule has 1 fully saturated rings. The Balaban J connectivity index is 2.38. The van der Waals surface area contributed by atoms with E-state index in [4.69, 9.17) is 0 Å². The monoisotopic (exact) mass is 244 g/mol. The van der Waals surface area contributed by atoms with Crippen molar-refractivity contribution in [2.45, 2.75) is 45.7 Å². The second-order valence-electron chi connectivity index (χ2n) is 6.67. The first-order chi connectivity index (χ1) is 7.23. The molecule has 1 aliphatic rings. The van der Waals surface area contributed by atoms with Crippen molar-refractivity contribution < 1.29 is 0 Å². The average Bonchev–Trinajstić information content (AvgIpc) is 2.13. The summed E-state index contributed by atoms with van der Waals surface area (Å²) >= 11 is 2.09. The van der Waals surface area contributed by atoms with Crippen molar-refractivity contribution in [3.8, 4) is 0 Å². The van der Waals surface area contributed by atoms with E-state index in [-0.39, 0.29) is 5.54 Å². The van der Waals surface area contributed by atoms with Gasteiger partial charge >= 0.3 is 0 Å². The van der Waals surface area contributed by atoms with Crippen LogP contribution in [0, 0.1) is 5.41 Å². The van der Waals surface area contributed by atoms with Crippen molar-refractivity contribution in [1.29, 1.82) is 0 Å². The predicted octanol–water partition coefficient (Wildman–Crippen LogP) is 2.45. The molecule has 0 saturated carbocycles. The van der Waals surface area contributed by atoms with Crippen molar-refractivity contribution in [1.82, 2.24) is 10.2 Å². The second kappa shape index (κ2) is 5.28. The minimum Gasteiger partial charge on any atom is -0.311 e. The van der Waals surface area contributed by atoms with Gasteiger partial charge in [0.25, 0.3) is 0 Å². The zero-order chi connectivity index (χ0) is 12.4. The fourth-order valence-corrected chi connectivity index (χ4v) is 3.25. The molecule has 0 spiro atoms. The van der Waals surface area contributed by atoms with Gasteiger partial charge in [0.15, 0.2) is 0 Å². The predicted molar refractivity (Wildman–Crippen MR) is 75.3 cm³/mol. The third kappa shape index (κ3) is 4.27. The topological polar surface area (TPSA) is 15.3 Å². The zero-order valence-electron chi connectivity index (χ0n) is 11.8. The molecule has 1 atom stereocenters. The van der Waals surface area contributed by atoms with E-state index in [0.29, 0.717) is 11.5 Å². The lowest BCUT2D eigenvalue weighted by Gasteiger charge is -2.39. The molecule has 1 aliphatic heterocycles. The van der Waals surface area contributed by atoms with Gasteiger partial charge in [-0.1, -0.05) is 13.8 Å². The Labute approximate surface area is 106 Å². The van der Waals surface area contributed by atoms with Gasteiger partial charge in [0.1, 0.15) is 0 Å². The van der Waals surface area contributed by atoms with Crippen LogP contribution in [0.4, 0.5) is 0 Å². The molecule has 2 nitrogen and oxygen atoms in total. The molecule has 0 aromatic rings. The molecule has 1 saturated heterocycles. The number of thioether (sulfide) groups is 1.